The number of aromatic nitrogens is 4. The number of nitrogen functional groups attached to an aromatic ring is 1. The predicted molar refractivity (Wildman–Crippen MR) is 104 cm³/mol. The summed E-state index contributed by atoms with van der Waals surface area (Å²) in [5.41, 5.74) is 8.15. The quantitative estimate of drug-likeness (QED) is 0.717. The molecule has 3 heterocycles. The second kappa shape index (κ2) is 7.73. The van der Waals surface area contributed by atoms with Crippen molar-refractivity contribution in [1.29, 1.82) is 0 Å². The summed E-state index contributed by atoms with van der Waals surface area (Å²) in [6, 6.07) is 14.2. The molecule has 8 heteroatoms. The Morgan fingerprint density at radius 3 is 2.59 bits per heavy atom. The van der Waals surface area contributed by atoms with E-state index in [1.165, 1.54) is 10.2 Å². The van der Waals surface area contributed by atoms with Crippen molar-refractivity contribution < 1.29 is 4.74 Å². The molecular weight excluding hydrogens is 342 g/mol. The largest absolute Gasteiger partial charge is 0.379 e. The predicted octanol–water partition coefficient (Wildman–Crippen LogP) is 2.38. The molecule has 8 nitrogen and oxygen atoms in total. The highest BCUT2D eigenvalue weighted by atomic mass is 16.5. The van der Waals surface area contributed by atoms with Gasteiger partial charge >= 0.3 is 0 Å². The van der Waals surface area contributed by atoms with Gasteiger partial charge in [0, 0.05) is 31.0 Å². The standard InChI is InChI=1S/C19H23N7O/c1-14(25-10-12-27-13-11-25)15-5-7-16(8-6-15)22-19-23-18(20)26(24-19)17-4-2-3-9-21-17/h2-9,14H,10-13H2,1H3,(H3,20,22,23,24). The van der Waals surface area contributed by atoms with E-state index >= 15 is 0 Å². The Balaban J connectivity index is 1.46. The molecule has 1 aromatic carbocycles. The van der Waals surface area contributed by atoms with Crippen LogP contribution in [-0.2, 0) is 4.74 Å². The summed E-state index contributed by atoms with van der Waals surface area (Å²) in [4.78, 5) is 10.9. The van der Waals surface area contributed by atoms with E-state index in [2.05, 4.69) is 44.3 Å². The van der Waals surface area contributed by atoms with Crippen LogP contribution in [0, 0.1) is 0 Å². The molecule has 27 heavy (non-hydrogen) atoms. The molecule has 0 spiro atoms. The van der Waals surface area contributed by atoms with Crippen LogP contribution in [0.25, 0.3) is 5.82 Å². The monoisotopic (exact) mass is 365 g/mol. The average Bonchev–Trinajstić information content (AvgIpc) is 3.09. The summed E-state index contributed by atoms with van der Waals surface area (Å²) in [6.07, 6.45) is 1.69. The number of nitrogens with one attached hydrogen (secondary N) is 1. The van der Waals surface area contributed by atoms with Crippen LogP contribution in [-0.4, -0.2) is 51.0 Å². The maximum Gasteiger partial charge on any atom is 0.248 e. The third kappa shape index (κ3) is 3.91. The number of anilines is 3. The summed E-state index contributed by atoms with van der Waals surface area (Å²) in [5.74, 6) is 1.35. The third-order valence-electron chi connectivity index (χ3n) is 4.74. The van der Waals surface area contributed by atoms with Gasteiger partial charge in [0.05, 0.1) is 13.2 Å². The molecule has 0 aliphatic carbocycles. The van der Waals surface area contributed by atoms with Crippen molar-refractivity contribution in [3.63, 3.8) is 0 Å². The van der Waals surface area contributed by atoms with E-state index in [4.69, 9.17) is 10.5 Å². The number of nitrogens with two attached hydrogens (primary N) is 1. The molecule has 0 radical (unpaired) electrons. The zero-order valence-corrected chi connectivity index (χ0v) is 15.2. The van der Waals surface area contributed by atoms with Gasteiger partial charge in [-0.05, 0) is 36.8 Å². The van der Waals surface area contributed by atoms with Crippen molar-refractivity contribution in [2.24, 2.45) is 0 Å². The fraction of sp³-hybridized carbons (Fsp3) is 0.316. The number of nitrogens with zero attached hydrogens (tertiary/aromatic N) is 5. The highest BCUT2D eigenvalue weighted by Crippen LogP contribution is 2.24. The van der Waals surface area contributed by atoms with Crippen LogP contribution >= 0.6 is 0 Å². The molecule has 3 aromatic rings. The lowest BCUT2D eigenvalue weighted by Crippen LogP contribution is -2.37. The van der Waals surface area contributed by atoms with E-state index in [0.717, 1.165) is 32.0 Å². The number of ether oxygens (including phenoxy) is 1. The molecule has 1 aliphatic rings. The number of pyridine rings is 1. The fourth-order valence-corrected chi connectivity index (χ4v) is 3.17. The van der Waals surface area contributed by atoms with Crippen molar-refractivity contribution in [2.45, 2.75) is 13.0 Å². The first-order valence-electron chi connectivity index (χ1n) is 9.03. The van der Waals surface area contributed by atoms with Crippen molar-refractivity contribution in [1.82, 2.24) is 24.6 Å². The lowest BCUT2D eigenvalue weighted by Gasteiger charge is -2.32. The molecule has 1 saturated heterocycles. The maximum atomic E-state index is 5.97. The Labute approximate surface area is 158 Å². The van der Waals surface area contributed by atoms with Crippen LogP contribution in [0.2, 0.25) is 0 Å². The minimum atomic E-state index is 0.286. The zero-order chi connectivity index (χ0) is 18.6. The number of benzene rings is 1. The molecular formula is C19H23N7O. The molecule has 0 saturated carbocycles. The maximum absolute atomic E-state index is 5.97. The van der Waals surface area contributed by atoms with Crippen LogP contribution in [0.5, 0.6) is 0 Å². The summed E-state index contributed by atoms with van der Waals surface area (Å²) in [7, 11) is 0. The molecule has 0 amide bonds. The summed E-state index contributed by atoms with van der Waals surface area (Å²) >= 11 is 0. The second-order valence-corrected chi connectivity index (χ2v) is 6.46. The number of rotatable bonds is 5. The topological polar surface area (TPSA) is 94.1 Å². The molecule has 0 bridgehead atoms. The molecule has 1 fully saturated rings. The fourth-order valence-electron chi connectivity index (χ4n) is 3.17. The van der Waals surface area contributed by atoms with Gasteiger partial charge in [0.2, 0.25) is 11.9 Å². The Kier molecular flexibility index (Phi) is 4.99. The van der Waals surface area contributed by atoms with Crippen LogP contribution in [0.1, 0.15) is 18.5 Å². The van der Waals surface area contributed by atoms with Crippen LogP contribution in [0.15, 0.2) is 48.7 Å². The number of morpholine rings is 1. The molecule has 3 N–H and O–H groups in total. The van der Waals surface area contributed by atoms with E-state index < -0.39 is 0 Å². The molecule has 1 unspecified atom stereocenters. The van der Waals surface area contributed by atoms with E-state index in [1.54, 1.807) is 6.20 Å². The van der Waals surface area contributed by atoms with Crippen LogP contribution in [0.3, 0.4) is 0 Å². The van der Waals surface area contributed by atoms with Gasteiger partial charge in [0.15, 0.2) is 5.82 Å². The van der Waals surface area contributed by atoms with E-state index in [0.29, 0.717) is 17.8 Å². The van der Waals surface area contributed by atoms with Gasteiger partial charge in [0.25, 0.3) is 0 Å². The van der Waals surface area contributed by atoms with Gasteiger partial charge in [-0.25, -0.2) is 4.98 Å². The summed E-state index contributed by atoms with van der Waals surface area (Å²) in [6.45, 7) is 5.77. The van der Waals surface area contributed by atoms with Gasteiger partial charge in [-0.15, -0.1) is 5.10 Å². The lowest BCUT2D eigenvalue weighted by molar-refractivity contribution is 0.0198. The van der Waals surface area contributed by atoms with Crippen LogP contribution < -0.4 is 11.1 Å². The van der Waals surface area contributed by atoms with E-state index in [1.807, 2.05) is 30.3 Å². The Bertz CT molecular complexity index is 873. The van der Waals surface area contributed by atoms with E-state index in [9.17, 15) is 0 Å². The van der Waals surface area contributed by atoms with Gasteiger partial charge in [0.1, 0.15) is 0 Å². The highest BCUT2D eigenvalue weighted by molar-refractivity contribution is 5.55. The normalized spacial score (nSPS) is 16.2. The number of hydrogen-bond acceptors (Lipinski definition) is 7. The van der Waals surface area contributed by atoms with Crippen LogP contribution in [0.4, 0.5) is 17.6 Å². The number of hydrogen-bond donors (Lipinski definition) is 2. The Hall–Kier alpha value is -2.97. The van der Waals surface area contributed by atoms with Gasteiger partial charge in [-0.1, -0.05) is 18.2 Å². The first-order chi connectivity index (χ1) is 13.2. The van der Waals surface area contributed by atoms with E-state index in [-0.39, 0.29) is 5.95 Å². The Morgan fingerprint density at radius 1 is 1.11 bits per heavy atom. The first-order valence-corrected chi connectivity index (χ1v) is 9.03. The van der Waals surface area contributed by atoms with Gasteiger partial charge in [-0.2, -0.15) is 9.67 Å². The summed E-state index contributed by atoms with van der Waals surface area (Å²) in [5, 5.41) is 7.59. The summed E-state index contributed by atoms with van der Waals surface area (Å²) < 4.78 is 6.94. The minimum absolute atomic E-state index is 0.286. The lowest BCUT2D eigenvalue weighted by atomic mass is 10.1. The molecule has 140 valence electrons. The molecule has 1 atom stereocenters. The first kappa shape index (κ1) is 17.4. The van der Waals surface area contributed by atoms with Gasteiger partial charge in [-0.3, -0.25) is 4.90 Å². The molecule has 1 aliphatic heterocycles. The van der Waals surface area contributed by atoms with Gasteiger partial charge < -0.3 is 15.8 Å². The minimum Gasteiger partial charge on any atom is -0.379 e. The molecule has 4 rings (SSSR count). The Morgan fingerprint density at radius 2 is 1.89 bits per heavy atom. The van der Waals surface area contributed by atoms with Crippen molar-refractivity contribution in [3.05, 3.63) is 54.2 Å². The smallest absolute Gasteiger partial charge is 0.248 e. The highest BCUT2D eigenvalue weighted by Gasteiger charge is 2.18. The van der Waals surface area contributed by atoms with Crippen molar-refractivity contribution in [2.75, 3.05) is 37.4 Å². The SMILES string of the molecule is CC(c1ccc(Nc2nc(N)n(-c3ccccn3)n2)cc1)N1CCOCC1. The van der Waals surface area contributed by atoms with Crippen molar-refractivity contribution in [3.8, 4) is 5.82 Å². The second-order valence-electron chi connectivity index (χ2n) is 6.46. The van der Waals surface area contributed by atoms with Crippen molar-refractivity contribution >= 4 is 17.6 Å². The average molecular weight is 365 g/mol. The zero-order valence-electron chi connectivity index (χ0n) is 15.2. The molecule has 2 aromatic heterocycles. The third-order valence-corrected chi connectivity index (χ3v) is 4.74.